The molecule has 0 unspecified atom stereocenters. The molecule has 2 amide bonds. The molecule has 3 rings (SSSR count). The van der Waals surface area contributed by atoms with Gasteiger partial charge >= 0.3 is 0 Å². The highest BCUT2D eigenvalue weighted by atomic mass is 16.2. The lowest BCUT2D eigenvalue weighted by molar-refractivity contribution is -0.120. The van der Waals surface area contributed by atoms with E-state index in [1.54, 1.807) is 4.90 Å². The van der Waals surface area contributed by atoms with Gasteiger partial charge in [0.25, 0.3) is 0 Å². The first-order chi connectivity index (χ1) is 10.1. The molecule has 0 saturated carbocycles. The SMILES string of the molecule is C[C@@H]1CNC[C@H]1C(=O)Nc1ccc(N2CCCC2=O)cc1. The van der Waals surface area contributed by atoms with Crippen molar-refractivity contribution < 1.29 is 9.59 Å². The fourth-order valence-electron chi connectivity index (χ4n) is 3.04. The van der Waals surface area contributed by atoms with Crippen molar-refractivity contribution in [3.8, 4) is 0 Å². The molecule has 5 heteroatoms. The summed E-state index contributed by atoms with van der Waals surface area (Å²) in [5.41, 5.74) is 1.70. The second kappa shape index (κ2) is 5.85. The molecule has 2 aliphatic heterocycles. The topological polar surface area (TPSA) is 61.4 Å². The van der Waals surface area contributed by atoms with Gasteiger partial charge in [-0.25, -0.2) is 0 Å². The molecule has 2 heterocycles. The molecule has 1 aromatic carbocycles. The van der Waals surface area contributed by atoms with Gasteiger partial charge in [0, 0.05) is 30.9 Å². The van der Waals surface area contributed by atoms with Crippen molar-refractivity contribution in [3.05, 3.63) is 24.3 Å². The highest BCUT2D eigenvalue weighted by molar-refractivity contribution is 5.96. The van der Waals surface area contributed by atoms with Gasteiger partial charge in [-0.1, -0.05) is 6.92 Å². The van der Waals surface area contributed by atoms with Crippen LogP contribution in [0.2, 0.25) is 0 Å². The number of hydrogen-bond acceptors (Lipinski definition) is 3. The van der Waals surface area contributed by atoms with E-state index in [1.807, 2.05) is 24.3 Å². The average Bonchev–Trinajstić information content (AvgIpc) is 3.08. The quantitative estimate of drug-likeness (QED) is 0.888. The summed E-state index contributed by atoms with van der Waals surface area (Å²) in [7, 11) is 0. The lowest BCUT2D eigenvalue weighted by atomic mass is 9.97. The number of carbonyl (C=O) groups is 2. The van der Waals surface area contributed by atoms with Crippen LogP contribution in [0.15, 0.2) is 24.3 Å². The zero-order valence-corrected chi connectivity index (χ0v) is 12.3. The zero-order valence-electron chi connectivity index (χ0n) is 12.3. The fourth-order valence-corrected chi connectivity index (χ4v) is 3.04. The molecule has 2 aliphatic rings. The Morgan fingerprint density at radius 1 is 1.29 bits per heavy atom. The second-order valence-electron chi connectivity index (χ2n) is 5.93. The van der Waals surface area contributed by atoms with Gasteiger partial charge in [-0.3, -0.25) is 9.59 Å². The number of amides is 2. The molecule has 2 N–H and O–H groups in total. The first kappa shape index (κ1) is 14.1. The Kier molecular flexibility index (Phi) is 3.92. The largest absolute Gasteiger partial charge is 0.326 e. The second-order valence-corrected chi connectivity index (χ2v) is 5.93. The third-order valence-corrected chi connectivity index (χ3v) is 4.37. The smallest absolute Gasteiger partial charge is 0.229 e. The molecule has 2 fully saturated rings. The maximum Gasteiger partial charge on any atom is 0.229 e. The van der Waals surface area contributed by atoms with Crippen LogP contribution in [0.25, 0.3) is 0 Å². The van der Waals surface area contributed by atoms with E-state index in [0.29, 0.717) is 12.3 Å². The number of rotatable bonds is 3. The molecular weight excluding hydrogens is 266 g/mol. The summed E-state index contributed by atoms with van der Waals surface area (Å²) in [6, 6.07) is 7.53. The Hall–Kier alpha value is -1.88. The third-order valence-electron chi connectivity index (χ3n) is 4.37. The minimum atomic E-state index is 0.0323. The fraction of sp³-hybridized carbons (Fsp3) is 0.500. The van der Waals surface area contributed by atoms with Crippen molar-refractivity contribution in [1.82, 2.24) is 5.32 Å². The Labute approximate surface area is 124 Å². The molecule has 5 nitrogen and oxygen atoms in total. The molecule has 2 atom stereocenters. The van der Waals surface area contributed by atoms with E-state index in [9.17, 15) is 9.59 Å². The first-order valence-corrected chi connectivity index (χ1v) is 7.57. The van der Waals surface area contributed by atoms with E-state index in [4.69, 9.17) is 0 Å². The lowest BCUT2D eigenvalue weighted by Crippen LogP contribution is -2.28. The minimum Gasteiger partial charge on any atom is -0.326 e. The van der Waals surface area contributed by atoms with Crippen LogP contribution in [-0.4, -0.2) is 31.4 Å². The van der Waals surface area contributed by atoms with Crippen LogP contribution in [0, 0.1) is 11.8 Å². The van der Waals surface area contributed by atoms with Crippen molar-refractivity contribution in [3.63, 3.8) is 0 Å². The van der Waals surface area contributed by atoms with Crippen LogP contribution in [0.1, 0.15) is 19.8 Å². The molecular formula is C16H21N3O2. The summed E-state index contributed by atoms with van der Waals surface area (Å²) in [6.45, 7) is 4.52. The van der Waals surface area contributed by atoms with Crippen molar-refractivity contribution in [2.45, 2.75) is 19.8 Å². The standard InChI is InChI=1S/C16H21N3O2/c1-11-9-17-10-14(11)16(21)18-12-4-6-13(7-5-12)19-8-2-3-15(19)20/h4-7,11,14,17H,2-3,8-10H2,1H3,(H,18,21)/t11-,14-/m1/s1. The van der Waals surface area contributed by atoms with Crippen molar-refractivity contribution >= 4 is 23.2 Å². The van der Waals surface area contributed by atoms with E-state index < -0.39 is 0 Å². The molecule has 0 spiro atoms. The van der Waals surface area contributed by atoms with Crippen molar-refractivity contribution in [2.75, 3.05) is 29.9 Å². The van der Waals surface area contributed by atoms with Gasteiger partial charge in [0.1, 0.15) is 0 Å². The molecule has 0 aliphatic carbocycles. The summed E-state index contributed by atoms with van der Waals surface area (Å²) in [4.78, 5) is 25.7. The Morgan fingerprint density at radius 3 is 2.62 bits per heavy atom. The van der Waals surface area contributed by atoms with Crippen LogP contribution in [0.4, 0.5) is 11.4 Å². The first-order valence-electron chi connectivity index (χ1n) is 7.57. The third kappa shape index (κ3) is 2.93. The van der Waals surface area contributed by atoms with Crippen molar-refractivity contribution in [1.29, 1.82) is 0 Å². The molecule has 21 heavy (non-hydrogen) atoms. The number of hydrogen-bond donors (Lipinski definition) is 2. The summed E-state index contributed by atoms with van der Waals surface area (Å²) >= 11 is 0. The number of anilines is 2. The Bertz CT molecular complexity index is 541. The van der Waals surface area contributed by atoms with E-state index in [-0.39, 0.29) is 17.7 Å². The maximum absolute atomic E-state index is 12.2. The number of benzene rings is 1. The molecule has 2 saturated heterocycles. The van der Waals surface area contributed by atoms with Gasteiger partial charge in [-0.2, -0.15) is 0 Å². The minimum absolute atomic E-state index is 0.0323. The Balaban J connectivity index is 1.64. The summed E-state index contributed by atoms with van der Waals surface area (Å²) in [5, 5.41) is 6.20. The zero-order chi connectivity index (χ0) is 14.8. The lowest BCUT2D eigenvalue weighted by Gasteiger charge is -2.17. The van der Waals surface area contributed by atoms with Gasteiger partial charge in [-0.15, -0.1) is 0 Å². The Morgan fingerprint density at radius 2 is 2.05 bits per heavy atom. The maximum atomic E-state index is 12.2. The van der Waals surface area contributed by atoms with E-state index in [2.05, 4.69) is 17.6 Å². The number of nitrogens with one attached hydrogen (secondary N) is 2. The van der Waals surface area contributed by atoms with Gasteiger partial charge in [0.05, 0.1) is 5.92 Å². The van der Waals surface area contributed by atoms with Gasteiger partial charge in [-0.05, 0) is 43.1 Å². The van der Waals surface area contributed by atoms with Gasteiger partial charge in [0.15, 0.2) is 0 Å². The molecule has 1 aromatic rings. The number of nitrogens with zero attached hydrogens (tertiary/aromatic N) is 1. The van der Waals surface area contributed by atoms with Crippen LogP contribution < -0.4 is 15.5 Å². The van der Waals surface area contributed by atoms with Crippen LogP contribution in [-0.2, 0) is 9.59 Å². The average molecular weight is 287 g/mol. The van der Waals surface area contributed by atoms with Crippen molar-refractivity contribution in [2.24, 2.45) is 11.8 Å². The molecule has 0 radical (unpaired) electrons. The van der Waals surface area contributed by atoms with E-state index in [0.717, 1.165) is 37.4 Å². The van der Waals surface area contributed by atoms with Gasteiger partial charge < -0.3 is 15.5 Å². The van der Waals surface area contributed by atoms with E-state index in [1.165, 1.54) is 0 Å². The van der Waals surface area contributed by atoms with Crippen LogP contribution in [0.5, 0.6) is 0 Å². The molecule has 112 valence electrons. The summed E-state index contributed by atoms with van der Waals surface area (Å²) in [6.07, 6.45) is 1.55. The monoisotopic (exact) mass is 287 g/mol. The highest BCUT2D eigenvalue weighted by Crippen LogP contribution is 2.24. The van der Waals surface area contributed by atoms with E-state index >= 15 is 0 Å². The molecule has 0 aromatic heterocycles. The summed E-state index contributed by atoms with van der Waals surface area (Å²) < 4.78 is 0. The highest BCUT2D eigenvalue weighted by Gasteiger charge is 2.29. The predicted octanol–water partition coefficient (Wildman–Crippen LogP) is 1.61. The predicted molar refractivity (Wildman–Crippen MR) is 82.2 cm³/mol. The van der Waals surface area contributed by atoms with Gasteiger partial charge in [0.2, 0.25) is 11.8 Å². The summed E-state index contributed by atoms with van der Waals surface area (Å²) in [5.74, 6) is 0.645. The van der Waals surface area contributed by atoms with Crippen LogP contribution in [0.3, 0.4) is 0 Å². The molecule has 0 bridgehead atoms. The van der Waals surface area contributed by atoms with Crippen LogP contribution >= 0.6 is 0 Å². The normalized spacial score (nSPS) is 25.4. The number of carbonyl (C=O) groups excluding carboxylic acids is 2.